The van der Waals surface area contributed by atoms with Gasteiger partial charge < -0.3 is 10.5 Å². The summed E-state index contributed by atoms with van der Waals surface area (Å²) in [6, 6.07) is 4.23. The molecule has 1 saturated carbocycles. The topological polar surface area (TPSA) is 47.6 Å². The number of fused-ring (bicyclic) bond motifs is 1. The first-order valence-corrected chi connectivity index (χ1v) is 8.16. The van der Waals surface area contributed by atoms with E-state index in [0.29, 0.717) is 4.47 Å². The quantitative estimate of drug-likeness (QED) is 0.852. The first kappa shape index (κ1) is 16.1. The molecule has 1 aliphatic heterocycles. The van der Waals surface area contributed by atoms with Gasteiger partial charge in [0.25, 0.3) is 5.92 Å². The number of amidine groups is 1. The van der Waals surface area contributed by atoms with Crippen LogP contribution >= 0.6 is 27.7 Å². The molecule has 1 aliphatic carbocycles. The minimum absolute atomic E-state index is 0.0207. The Labute approximate surface area is 138 Å². The van der Waals surface area contributed by atoms with Gasteiger partial charge >= 0.3 is 0 Å². The van der Waals surface area contributed by atoms with Gasteiger partial charge in [-0.05, 0) is 25.1 Å². The lowest BCUT2D eigenvalue weighted by Gasteiger charge is -2.32. The molecule has 1 unspecified atom stereocenters. The Morgan fingerprint density at radius 2 is 2.14 bits per heavy atom. The fourth-order valence-corrected chi connectivity index (χ4v) is 5.23. The van der Waals surface area contributed by atoms with Gasteiger partial charge in [-0.3, -0.25) is 4.99 Å². The van der Waals surface area contributed by atoms with Crippen molar-refractivity contribution in [2.45, 2.75) is 23.1 Å². The number of thioether (sulfide) groups is 1. The molecular weight excluding hydrogens is 381 g/mol. The van der Waals surface area contributed by atoms with E-state index in [1.165, 1.54) is 32.2 Å². The number of hydrogen-bond acceptors (Lipinski definition) is 4. The van der Waals surface area contributed by atoms with Crippen molar-refractivity contribution in [2.75, 3.05) is 13.7 Å². The number of hydrogen-bond donors (Lipinski definition) is 1. The highest BCUT2D eigenvalue weighted by atomic mass is 79.9. The minimum atomic E-state index is -3.04. The van der Waals surface area contributed by atoms with Gasteiger partial charge in [-0.25, -0.2) is 13.2 Å². The van der Waals surface area contributed by atoms with Crippen molar-refractivity contribution >= 4 is 32.9 Å². The summed E-state index contributed by atoms with van der Waals surface area (Å²) in [4.78, 5) is 4.19. The minimum Gasteiger partial charge on any atom is -0.383 e. The van der Waals surface area contributed by atoms with Crippen LogP contribution < -0.4 is 5.73 Å². The molecule has 3 atom stereocenters. The molecule has 22 heavy (non-hydrogen) atoms. The number of aliphatic imine (C=N–C) groups is 1. The SMILES string of the molecule is COC[C@@]12SC(N)=N[C@](C)(c3cc(Br)ccc3F)C1C2(F)F. The van der Waals surface area contributed by atoms with Crippen LogP contribution in [0.1, 0.15) is 12.5 Å². The molecule has 1 fully saturated rings. The number of methoxy groups -OCH3 is 1. The van der Waals surface area contributed by atoms with Gasteiger partial charge in [0, 0.05) is 17.1 Å². The molecule has 2 N–H and O–H groups in total. The van der Waals surface area contributed by atoms with Crippen molar-refractivity contribution in [1.29, 1.82) is 0 Å². The standard InChI is InChI=1S/C14H14BrF3N2OS/c1-12(8-5-7(15)3-4-9(8)16)10-13(6-21-2,14(10,17)18)22-11(19)20-12/h3-5,10H,6H2,1-2H3,(H2,19,20)/t10?,12-,13-/m1/s1. The summed E-state index contributed by atoms with van der Waals surface area (Å²) in [6.07, 6.45) is 0. The maximum Gasteiger partial charge on any atom is 0.272 e. The molecule has 0 amide bonds. The predicted molar refractivity (Wildman–Crippen MR) is 83.7 cm³/mol. The summed E-state index contributed by atoms with van der Waals surface area (Å²) in [5.74, 6) is -4.79. The molecule has 120 valence electrons. The van der Waals surface area contributed by atoms with Crippen molar-refractivity contribution < 1.29 is 17.9 Å². The van der Waals surface area contributed by atoms with E-state index in [2.05, 4.69) is 20.9 Å². The van der Waals surface area contributed by atoms with E-state index in [-0.39, 0.29) is 17.3 Å². The van der Waals surface area contributed by atoms with Gasteiger partial charge in [-0.1, -0.05) is 27.7 Å². The first-order valence-electron chi connectivity index (χ1n) is 6.55. The van der Waals surface area contributed by atoms with Crippen molar-refractivity contribution in [3.05, 3.63) is 34.1 Å². The molecular formula is C14H14BrF3N2OS. The zero-order valence-electron chi connectivity index (χ0n) is 11.9. The fourth-order valence-electron chi connectivity index (χ4n) is 3.39. The van der Waals surface area contributed by atoms with Gasteiger partial charge in [0.15, 0.2) is 5.17 Å². The smallest absolute Gasteiger partial charge is 0.272 e. The average Bonchev–Trinajstić information content (AvgIpc) is 2.89. The maximum atomic E-state index is 14.6. The average molecular weight is 395 g/mol. The molecule has 1 aromatic carbocycles. The second-order valence-electron chi connectivity index (χ2n) is 5.70. The maximum absolute atomic E-state index is 14.6. The highest BCUT2D eigenvalue weighted by molar-refractivity contribution is 9.10. The zero-order chi connectivity index (χ0) is 16.3. The highest BCUT2D eigenvalue weighted by Gasteiger charge is 2.87. The lowest BCUT2D eigenvalue weighted by atomic mass is 9.85. The monoisotopic (exact) mass is 394 g/mol. The molecule has 0 spiro atoms. The van der Waals surface area contributed by atoms with Crippen molar-refractivity contribution in [1.82, 2.24) is 0 Å². The highest BCUT2D eigenvalue weighted by Crippen LogP contribution is 2.74. The predicted octanol–water partition coefficient (Wildman–Crippen LogP) is 3.52. The molecule has 0 radical (unpaired) electrons. The second kappa shape index (κ2) is 4.88. The Morgan fingerprint density at radius 3 is 2.77 bits per heavy atom. The van der Waals surface area contributed by atoms with E-state index in [4.69, 9.17) is 10.5 Å². The number of benzene rings is 1. The molecule has 3 nitrogen and oxygen atoms in total. The Morgan fingerprint density at radius 1 is 1.45 bits per heavy atom. The normalized spacial score (nSPS) is 35.7. The second-order valence-corrected chi connectivity index (χ2v) is 7.97. The van der Waals surface area contributed by atoms with Gasteiger partial charge in [-0.15, -0.1) is 0 Å². The Bertz CT molecular complexity index is 671. The van der Waals surface area contributed by atoms with Crippen molar-refractivity contribution in [3.8, 4) is 0 Å². The summed E-state index contributed by atoms with van der Waals surface area (Å²) in [5.41, 5.74) is 4.44. The Hall–Kier alpha value is -0.730. The van der Waals surface area contributed by atoms with E-state index in [1.807, 2.05) is 0 Å². The number of nitrogens with zero attached hydrogens (tertiary/aromatic N) is 1. The van der Waals surface area contributed by atoms with Crippen molar-refractivity contribution in [3.63, 3.8) is 0 Å². The Balaban J connectivity index is 2.17. The lowest BCUT2D eigenvalue weighted by Crippen LogP contribution is -2.37. The van der Waals surface area contributed by atoms with Crippen LogP contribution in [0.3, 0.4) is 0 Å². The molecule has 1 heterocycles. The van der Waals surface area contributed by atoms with E-state index in [1.54, 1.807) is 0 Å². The van der Waals surface area contributed by atoms with E-state index < -0.39 is 27.9 Å². The van der Waals surface area contributed by atoms with Crippen molar-refractivity contribution in [2.24, 2.45) is 16.6 Å². The van der Waals surface area contributed by atoms with Crippen LogP contribution in [0.4, 0.5) is 13.2 Å². The summed E-state index contributed by atoms with van der Waals surface area (Å²) in [5, 5.41) is 0.0207. The van der Waals surface area contributed by atoms with Crippen LogP contribution in [-0.4, -0.2) is 29.6 Å². The summed E-state index contributed by atoms with van der Waals surface area (Å²) in [7, 11) is 1.36. The zero-order valence-corrected chi connectivity index (χ0v) is 14.3. The lowest BCUT2D eigenvalue weighted by molar-refractivity contribution is 0.0637. The van der Waals surface area contributed by atoms with Crippen LogP contribution in [0.5, 0.6) is 0 Å². The number of nitrogens with two attached hydrogens (primary N) is 1. The third-order valence-electron chi connectivity index (χ3n) is 4.33. The number of halogens is 4. The molecule has 1 aromatic rings. The van der Waals surface area contributed by atoms with Crippen LogP contribution in [0.15, 0.2) is 27.7 Å². The third kappa shape index (κ3) is 1.96. The molecule has 0 aromatic heterocycles. The molecule has 8 heteroatoms. The first-order chi connectivity index (χ1) is 10.2. The van der Waals surface area contributed by atoms with Gasteiger partial charge in [-0.2, -0.15) is 0 Å². The van der Waals surface area contributed by atoms with Crippen LogP contribution in [0.2, 0.25) is 0 Å². The number of ether oxygens (including phenoxy) is 1. The summed E-state index contributed by atoms with van der Waals surface area (Å²) < 4.78 is 47.5. The van der Waals surface area contributed by atoms with E-state index in [0.717, 1.165) is 11.8 Å². The summed E-state index contributed by atoms with van der Waals surface area (Å²) >= 11 is 4.06. The molecule has 0 saturated heterocycles. The van der Waals surface area contributed by atoms with Gasteiger partial charge in [0.2, 0.25) is 0 Å². The summed E-state index contributed by atoms with van der Waals surface area (Å²) in [6.45, 7) is 1.33. The van der Waals surface area contributed by atoms with Gasteiger partial charge in [0.05, 0.1) is 18.1 Å². The van der Waals surface area contributed by atoms with Crippen LogP contribution in [0, 0.1) is 11.7 Å². The van der Waals surface area contributed by atoms with Crippen LogP contribution in [-0.2, 0) is 10.3 Å². The van der Waals surface area contributed by atoms with E-state index in [9.17, 15) is 13.2 Å². The molecule has 0 bridgehead atoms. The van der Waals surface area contributed by atoms with Gasteiger partial charge in [0.1, 0.15) is 10.6 Å². The largest absolute Gasteiger partial charge is 0.383 e. The number of alkyl halides is 2. The number of rotatable bonds is 3. The molecule has 2 aliphatic rings. The Kier molecular flexibility index (Phi) is 3.58. The molecule has 3 rings (SSSR count). The fraction of sp³-hybridized carbons (Fsp3) is 0.500. The van der Waals surface area contributed by atoms with Crippen LogP contribution in [0.25, 0.3) is 0 Å². The third-order valence-corrected chi connectivity index (χ3v) is 6.12. The van der Waals surface area contributed by atoms with E-state index >= 15 is 0 Å².